The third-order valence-electron chi connectivity index (χ3n) is 6.29. The Hall–Kier alpha value is -2.21. The largest absolute Gasteiger partial charge is 0.468 e. The van der Waals surface area contributed by atoms with Crippen molar-refractivity contribution >= 4 is 23.5 Å². The number of para-hydroxylation sites is 1. The van der Waals surface area contributed by atoms with Gasteiger partial charge in [0.15, 0.2) is 0 Å². The molecule has 3 fully saturated rings. The third kappa shape index (κ3) is 2.05. The molecule has 0 N–H and O–H groups in total. The summed E-state index contributed by atoms with van der Waals surface area (Å²) >= 11 is 0. The highest BCUT2D eigenvalue weighted by molar-refractivity contribution is 6.24. The van der Waals surface area contributed by atoms with Gasteiger partial charge in [-0.2, -0.15) is 0 Å². The quantitative estimate of drug-likeness (QED) is 0.610. The number of fused-ring (bicyclic) bond motifs is 3. The smallest absolute Gasteiger partial charge is 0.327 e. The van der Waals surface area contributed by atoms with E-state index in [-0.39, 0.29) is 23.8 Å². The zero-order valence-electron chi connectivity index (χ0n) is 15.2. The fourth-order valence-electron chi connectivity index (χ4n) is 5.42. The van der Waals surface area contributed by atoms with E-state index in [0.717, 1.165) is 25.8 Å². The number of carbonyl (C=O) groups excluding carboxylic acids is 3. The van der Waals surface area contributed by atoms with Crippen LogP contribution in [0.4, 0.5) is 5.69 Å². The summed E-state index contributed by atoms with van der Waals surface area (Å²) in [6.07, 6.45) is 3.10. The van der Waals surface area contributed by atoms with Gasteiger partial charge in [-0.3, -0.25) is 19.3 Å². The SMILES string of the molecule is CCC[C@H]1[C@H]2C(=O)N(c3ccccc3)C(=O)[C@H]2[C@@]2(C(=O)OC)CCCN12. The number of hydrogen-bond acceptors (Lipinski definition) is 5. The predicted molar refractivity (Wildman–Crippen MR) is 95.3 cm³/mol. The monoisotopic (exact) mass is 356 g/mol. The maximum Gasteiger partial charge on any atom is 0.327 e. The lowest BCUT2D eigenvalue weighted by molar-refractivity contribution is -0.157. The molecular formula is C20H24N2O4. The fraction of sp³-hybridized carbons (Fsp3) is 0.550. The van der Waals surface area contributed by atoms with Crippen LogP contribution < -0.4 is 4.90 Å². The van der Waals surface area contributed by atoms with Crippen molar-refractivity contribution in [3.63, 3.8) is 0 Å². The van der Waals surface area contributed by atoms with Crippen molar-refractivity contribution in [1.29, 1.82) is 0 Å². The minimum absolute atomic E-state index is 0.0863. The molecule has 0 aromatic heterocycles. The summed E-state index contributed by atoms with van der Waals surface area (Å²) in [5.74, 6) is -1.94. The van der Waals surface area contributed by atoms with Gasteiger partial charge in [0.05, 0.1) is 24.6 Å². The van der Waals surface area contributed by atoms with E-state index >= 15 is 0 Å². The van der Waals surface area contributed by atoms with E-state index in [1.165, 1.54) is 12.0 Å². The van der Waals surface area contributed by atoms with Crippen molar-refractivity contribution in [3.8, 4) is 0 Å². The summed E-state index contributed by atoms with van der Waals surface area (Å²) in [6, 6.07) is 8.92. The van der Waals surface area contributed by atoms with Gasteiger partial charge in [0.2, 0.25) is 11.8 Å². The lowest BCUT2D eigenvalue weighted by atomic mass is 9.78. The van der Waals surface area contributed by atoms with Crippen LogP contribution in [0.2, 0.25) is 0 Å². The van der Waals surface area contributed by atoms with Crippen LogP contribution in [-0.2, 0) is 19.1 Å². The Kier molecular flexibility index (Phi) is 4.10. The third-order valence-corrected chi connectivity index (χ3v) is 6.29. The van der Waals surface area contributed by atoms with Crippen molar-refractivity contribution in [1.82, 2.24) is 4.90 Å². The molecule has 0 radical (unpaired) electrons. The maximum absolute atomic E-state index is 13.4. The number of anilines is 1. The lowest BCUT2D eigenvalue weighted by Crippen LogP contribution is -2.55. The Morgan fingerprint density at radius 1 is 1.23 bits per heavy atom. The van der Waals surface area contributed by atoms with Crippen molar-refractivity contribution < 1.29 is 19.1 Å². The average Bonchev–Trinajstić information content (AvgIpc) is 3.27. The predicted octanol–water partition coefficient (Wildman–Crippen LogP) is 1.98. The highest BCUT2D eigenvalue weighted by atomic mass is 16.5. The number of ether oxygens (including phenoxy) is 1. The number of benzene rings is 1. The molecule has 4 atom stereocenters. The normalized spacial score (nSPS) is 33.5. The molecule has 26 heavy (non-hydrogen) atoms. The van der Waals surface area contributed by atoms with Gasteiger partial charge < -0.3 is 4.74 Å². The molecule has 0 bridgehead atoms. The Morgan fingerprint density at radius 2 is 1.96 bits per heavy atom. The van der Waals surface area contributed by atoms with Gasteiger partial charge >= 0.3 is 5.97 Å². The number of hydrogen-bond donors (Lipinski definition) is 0. The first-order valence-corrected chi connectivity index (χ1v) is 9.36. The van der Waals surface area contributed by atoms with E-state index in [9.17, 15) is 14.4 Å². The molecule has 0 spiro atoms. The van der Waals surface area contributed by atoms with Crippen molar-refractivity contribution in [3.05, 3.63) is 30.3 Å². The topological polar surface area (TPSA) is 66.9 Å². The molecule has 1 aromatic rings. The molecule has 138 valence electrons. The van der Waals surface area contributed by atoms with E-state index in [4.69, 9.17) is 4.74 Å². The average molecular weight is 356 g/mol. The van der Waals surface area contributed by atoms with Gasteiger partial charge in [-0.15, -0.1) is 0 Å². The molecule has 3 aliphatic rings. The van der Waals surface area contributed by atoms with E-state index < -0.39 is 17.4 Å². The molecule has 0 saturated carbocycles. The van der Waals surface area contributed by atoms with Gasteiger partial charge in [0.25, 0.3) is 0 Å². The van der Waals surface area contributed by atoms with Crippen LogP contribution in [0.5, 0.6) is 0 Å². The highest BCUT2D eigenvalue weighted by Crippen LogP contribution is 2.55. The van der Waals surface area contributed by atoms with Crippen LogP contribution >= 0.6 is 0 Å². The standard InChI is InChI=1S/C20H24N2O4/c1-3-8-14-15-16(20(19(25)26-2)11-7-12-21(14)20)18(24)22(17(15)23)13-9-5-4-6-10-13/h4-6,9-10,14-16H,3,7-8,11-12H2,1-2H3/t14-,15+,16-,20+/m0/s1. The molecule has 2 amide bonds. The second kappa shape index (κ2) is 6.20. The minimum Gasteiger partial charge on any atom is -0.468 e. The molecule has 0 unspecified atom stereocenters. The summed E-state index contributed by atoms with van der Waals surface area (Å²) in [5, 5.41) is 0. The Labute approximate surface area is 153 Å². The minimum atomic E-state index is -0.991. The summed E-state index contributed by atoms with van der Waals surface area (Å²) < 4.78 is 5.14. The Morgan fingerprint density at radius 3 is 2.62 bits per heavy atom. The van der Waals surface area contributed by atoms with E-state index in [0.29, 0.717) is 12.1 Å². The first-order chi connectivity index (χ1) is 12.6. The molecule has 3 aliphatic heterocycles. The number of imide groups is 1. The van der Waals surface area contributed by atoms with Crippen LogP contribution in [-0.4, -0.2) is 47.9 Å². The van der Waals surface area contributed by atoms with E-state index in [1.54, 1.807) is 12.1 Å². The second-order valence-corrected chi connectivity index (χ2v) is 7.42. The molecule has 6 nitrogen and oxygen atoms in total. The molecule has 0 aliphatic carbocycles. The number of nitrogens with zero attached hydrogens (tertiary/aromatic N) is 2. The van der Waals surface area contributed by atoms with Crippen LogP contribution in [0, 0.1) is 11.8 Å². The summed E-state index contributed by atoms with van der Waals surface area (Å²) in [4.78, 5) is 42.9. The summed E-state index contributed by atoms with van der Waals surface area (Å²) in [5.41, 5.74) is -0.410. The first kappa shape index (κ1) is 17.2. The van der Waals surface area contributed by atoms with Crippen LogP contribution in [0.15, 0.2) is 30.3 Å². The van der Waals surface area contributed by atoms with Gasteiger partial charge in [-0.05, 0) is 37.9 Å². The number of amides is 2. The van der Waals surface area contributed by atoms with Gasteiger partial charge in [0.1, 0.15) is 5.54 Å². The maximum atomic E-state index is 13.4. The summed E-state index contributed by atoms with van der Waals surface area (Å²) in [6.45, 7) is 2.80. The van der Waals surface area contributed by atoms with Crippen molar-refractivity contribution in [2.24, 2.45) is 11.8 Å². The zero-order valence-corrected chi connectivity index (χ0v) is 15.2. The van der Waals surface area contributed by atoms with Gasteiger partial charge in [-0.1, -0.05) is 31.5 Å². The van der Waals surface area contributed by atoms with Gasteiger partial charge in [0, 0.05) is 6.04 Å². The zero-order chi connectivity index (χ0) is 18.5. The molecule has 4 rings (SSSR count). The molecule has 3 saturated heterocycles. The Bertz CT molecular complexity index is 749. The number of esters is 1. The van der Waals surface area contributed by atoms with Crippen LogP contribution in [0.25, 0.3) is 0 Å². The first-order valence-electron chi connectivity index (χ1n) is 9.36. The van der Waals surface area contributed by atoms with Crippen LogP contribution in [0.1, 0.15) is 32.6 Å². The molecule has 1 aromatic carbocycles. The number of carbonyl (C=O) groups is 3. The van der Waals surface area contributed by atoms with E-state index in [1.807, 2.05) is 18.2 Å². The number of methoxy groups -OCH3 is 1. The van der Waals surface area contributed by atoms with Crippen molar-refractivity contribution in [2.75, 3.05) is 18.6 Å². The molecular weight excluding hydrogens is 332 g/mol. The molecule has 3 heterocycles. The van der Waals surface area contributed by atoms with E-state index in [2.05, 4.69) is 11.8 Å². The van der Waals surface area contributed by atoms with Crippen molar-refractivity contribution in [2.45, 2.75) is 44.2 Å². The highest BCUT2D eigenvalue weighted by Gasteiger charge is 2.73. The summed E-state index contributed by atoms with van der Waals surface area (Å²) in [7, 11) is 1.37. The lowest BCUT2D eigenvalue weighted by Gasteiger charge is -2.35. The van der Waals surface area contributed by atoms with Crippen LogP contribution in [0.3, 0.4) is 0 Å². The molecule has 6 heteroatoms. The number of rotatable bonds is 4. The Balaban J connectivity index is 1.83. The second-order valence-electron chi connectivity index (χ2n) is 7.42. The fourth-order valence-corrected chi connectivity index (χ4v) is 5.42. The van der Waals surface area contributed by atoms with Gasteiger partial charge in [-0.25, -0.2) is 4.90 Å².